The van der Waals surface area contributed by atoms with E-state index in [0.29, 0.717) is 24.5 Å². The van der Waals surface area contributed by atoms with Crippen molar-refractivity contribution in [3.05, 3.63) is 99.1 Å². The quantitative estimate of drug-likeness (QED) is 0.253. The number of aliphatic hydroxyl groups is 1. The number of carbonyl (C=O) groups is 2. The van der Waals surface area contributed by atoms with Crippen molar-refractivity contribution in [3.63, 3.8) is 0 Å². The Kier molecular flexibility index (Phi) is 7.46. The summed E-state index contributed by atoms with van der Waals surface area (Å²) in [6.07, 6.45) is 1.94. The van der Waals surface area contributed by atoms with Gasteiger partial charge in [-0.3, -0.25) is 9.59 Å². The Morgan fingerprint density at radius 3 is 2.60 bits per heavy atom. The number of rotatable bonds is 6. The van der Waals surface area contributed by atoms with Gasteiger partial charge in [0, 0.05) is 56.7 Å². The molecule has 1 aromatic heterocycles. The van der Waals surface area contributed by atoms with E-state index in [0.717, 1.165) is 37.0 Å². The molecule has 3 atom stereocenters. The normalized spacial score (nSPS) is 22.9. The summed E-state index contributed by atoms with van der Waals surface area (Å²) in [7, 11) is 0. The van der Waals surface area contributed by atoms with Crippen LogP contribution in [0.1, 0.15) is 35.6 Å². The SMILES string of the molecule is Cc1ccc(S[C@@]2(C(=O)N3CC[C@H](O)C3)CC(=O)N(Cc3ccc(Br)cc3)[C@H]2c2c[nH]c3cc(Cl)ccc23)cc1. The number of aromatic amines is 1. The Hall–Kier alpha value is -2.78. The minimum Gasteiger partial charge on any atom is -0.391 e. The van der Waals surface area contributed by atoms with Gasteiger partial charge in [-0.2, -0.15) is 0 Å². The third kappa shape index (κ3) is 5.07. The van der Waals surface area contributed by atoms with E-state index in [1.165, 1.54) is 11.8 Å². The zero-order valence-electron chi connectivity index (χ0n) is 21.9. The number of nitrogens with zero attached hydrogens (tertiary/aromatic N) is 2. The van der Waals surface area contributed by atoms with Gasteiger partial charge in [0.05, 0.1) is 18.6 Å². The molecular weight excluding hydrogens is 610 g/mol. The molecule has 0 radical (unpaired) electrons. The molecule has 2 N–H and O–H groups in total. The summed E-state index contributed by atoms with van der Waals surface area (Å²) >= 11 is 11.3. The van der Waals surface area contributed by atoms with Crippen molar-refractivity contribution >= 4 is 62.0 Å². The van der Waals surface area contributed by atoms with Crippen molar-refractivity contribution in [3.8, 4) is 0 Å². The molecule has 4 aromatic rings. The number of β-amino-alcohol motifs (C(OH)–C–C–N with tert-alkyl or cyclic N) is 1. The number of H-pyrrole nitrogens is 1. The number of nitrogens with one attached hydrogen (secondary N) is 1. The minimum absolute atomic E-state index is 0.0540. The number of aromatic nitrogens is 1. The van der Waals surface area contributed by atoms with E-state index in [9.17, 15) is 14.7 Å². The fraction of sp³-hybridized carbons (Fsp3) is 0.290. The molecule has 3 heterocycles. The number of amides is 2. The van der Waals surface area contributed by atoms with Crippen molar-refractivity contribution in [1.29, 1.82) is 0 Å². The van der Waals surface area contributed by atoms with Crippen LogP contribution in [0.2, 0.25) is 5.02 Å². The molecule has 2 fully saturated rings. The van der Waals surface area contributed by atoms with Crippen LogP contribution in [-0.2, 0) is 16.1 Å². The Bertz CT molecular complexity index is 1580. The molecule has 3 aromatic carbocycles. The number of thioether (sulfide) groups is 1. The van der Waals surface area contributed by atoms with Gasteiger partial charge in [-0.05, 0) is 55.3 Å². The number of likely N-dealkylation sites (tertiary alicyclic amines) is 2. The smallest absolute Gasteiger partial charge is 0.242 e. The van der Waals surface area contributed by atoms with Crippen LogP contribution < -0.4 is 0 Å². The van der Waals surface area contributed by atoms with Crippen LogP contribution in [0.25, 0.3) is 10.9 Å². The number of fused-ring (bicyclic) bond motifs is 1. The zero-order valence-corrected chi connectivity index (χ0v) is 25.1. The van der Waals surface area contributed by atoms with Crippen molar-refractivity contribution in [2.45, 2.75) is 48.1 Å². The predicted octanol–water partition coefficient (Wildman–Crippen LogP) is 6.49. The maximum Gasteiger partial charge on any atom is 0.242 e. The Labute approximate surface area is 250 Å². The van der Waals surface area contributed by atoms with Crippen LogP contribution in [0.5, 0.6) is 0 Å². The number of benzene rings is 3. The fourth-order valence-electron chi connectivity index (χ4n) is 5.89. The van der Waals surface area contributed by atoms with E-state index in [2.05, 4.69) is 20.9 Å². The molecule has 0 aliphatic carbocycles. The fourth-order valence-corrected chi connectivity index (χ4v) is 7.80. The molecule has 2 amide bonds. The lowest BCUT2D eigenvalue weighted by Gasteiger charge is -2.38. The monoisotopic (exact) mass is 637 g/mol. The maximum atomic E-state index is 14.6. The zero-order chi connectivity index (χ0) is 28.0. The van der Waals surface area contributed by atoms with Crippen LogP contribution in [0, 0.1) is 6.92 Å². The van der Waals surface area contributed by atoms with Crippen molar-refractivity contribution in [1.82, 2.24) is 14.8 Å². The highest BCUT2D eigenvalue weighted by molar-refractivity contribution is 9.10. The Morgan fingerprint density at radius 1 is 1.15 bits per heavy atom. The topological polar surface area (TPSA) is 76.6 Å². The minimum atomic E-state index is -1.14. The second kappa shape index (κ2) is 10.9. The largest absolute Gasteiger partial charge is 0.391 e. The highest BCUT2D eigenvalue weighted by Crippen LogP contribution is 2.55. The summed E-state index contributed by atoms with van der Waals surface area (Å²) in [6, 6.07) is 21.1. The van der Waals surface area contributed by atoms with Gasteiger partial charge in [0.15, 0.2) is 0 Å². The van der Waals surface area contributed by atoms with Gasteiger partial charge in [-0.25, -0.2) is 0 Å². The van der Waals surface area contributed by atoms with Crippen LogP contribution in [-0.4, -0.2) is 55.6 Å². The number of carbonyl (C=O) groups excluding carboxylic acids is 2. The Morgan fingerprint density at radius 2 is 1.90 bits per heavy atom. The number of halogens is 2. The molecule has 0 unspecified atom stereocenters. The summed E-state index contributed by atoms with van der Waals surface area (Å²) in [4.78, 5) is 36.5. The molecule has 206 valence electrons. The first-order valence-electron chi connectivity index (χ1n) is 13.3. The van der Waals surface area contributed by atoms with Gasteiger partial charge in [0.2, 0.25) is 11.8 Å². The van der Waals surface area contributed by atoms with Gasteiger partial charge >= 0.3 is 0 Å². The second-order valence-corrected chi connectivity index (χ2v) is 13.4. The lowest BCUT2D eigenvalue weighted by Crippen LogP contribution is -2.49. The molecule has 0 bridgehead atoms. The van der Waals surface area contributed by atoms with E-state index >= 15 is 0 Å². The number of aliphatic hydroxyl groups excluding tert-OH is 1. The number of hydrogen-bond donors (Lipinski definition) is 2. The number of hydrogen-bond acceptors (Lipinski definition) is 4. The van der Waals surface area contributed by atoms with E-state index in [1.807, 2.05) is 84.8 Å². The van der Waals surface area contributed by atoms with Crippen molar-refractivity contribution in [2.75, 3.05) is 13.1 Å². The highest BCUT2D eigenvalue weighted by atomic mass is 79.9. The predicted molar refractivity (Wildman–Crippen MR) is 162 cm³/mol. The van der Waals surface area contributed by atoms with Crippen LogP contribution in [0.3, 0.4) is 0 Å². The van der Waals surface area contributed by atoms with E-state index < -0.39 is 16.9 Å². The van der Waals surface area contributed by atoms with E-state index in [-0.39, 0.29) is 24.8 Å². The molecule has 6 nitrogen and oxygen atoms in total. The summed E-state index contributed by atoms with van der Waals surface area (Å²) in [5.74, 6) is -0.196. The highest BCUT2D eigenvalue weighted by Gasteiger charge is 2.60. The first kappa shape index (κ1) is 27.4. The summed E-state index contributed by atoms with van der Waals surface area (Å²) in [5, 5.41) is 11.9. The molecule has 0 spiro atoms. The maximum absolute atomic E-state index is 14.6. The second-order valence-electron chi connectivity index (χ2n) is 10.7. The van der Waals surface area contributed by atoms with E-state index in [4.69, 9.17) is 11.6 Å². The van der Waals surface area contributed by atoms with Gasteiger partial charge in [-0.15, -0.1) is 11.8 Å². The van der Waals surface area contributed by atoms with Crippen LogP contribution in [0.15, 0.2) is 82.3 Å². The molecular formula is C31H29BrClN3O3S. The first-order chi connectivity index (χ1) is 19.2. The average molecular weight is 639 g/mol. The summed E-state index contributed by atoms with van der Waals surface area (Å²) < 4.78 is -0.179. The van der Waals surface area contributed by atoms with Gasteiger partial charge < -0.3 is 19.9 Å². The molecule has 2 saturated heterocycles. The van der Waals surface area contributed by atoms with Crippen molar-refractivity contribution < 1.29 is 14.7 Å². The van der Waals surface area contributed by atoms with Crippen LogP contribution >= 0.6 is 39.3 Å². The van der Waals surface area contributed by atoms with E-state index in [1.54, 1.807) is 4.90 Å². The summed E-state index contributed by atoms with van der Waals surface area (Å²) in [5.41, 5.74) is 3.83. The number of aryl methyl sites for hydroxylation is 1. The van der Waals surface area contributed by atoms with Gasteiger partial charge in [-0.1, -0.05) is 63.4 Å². The molecule has 9 heteroatoms. The average Bonchev–Trinajstić information content (AvgIpc) is 3.62. The molecule has 2 aliphatic heterocycles. The lowest BCUT2D eigenvalue weighted by atomic mass is 9.90. The molecule has 0 saturated carbocycles. The summed E-state index contributed by atoms with van der Waals surface area (Å²) in [6.45, 7) is 3.13. The third-order valence-electron chi connectivity index (χ3n) is 7.86. The molecule has 6 rings (SSSR count). The molecule has 2 aliphatic rings. The standard InChI is InChI=1S/C31H29BrClN3O3S/c1-19-2-9-24(10-3-19)40-31(30(39)35-13-12-23(37)18-35)15-28(38)36(17-20-4-6-21(32)7-5-20)29(31)26-16-34-27-14-22(33)8-11-25(26)27/h2-11,14,16,23,29,34,37H,12-13,15,17-18H2,1H3/t23-,29-,31-/m0/s1. The Balaban J connectivity index is 1.53. The first-order valence-corrected chi connectivity index (χ1v) is 15.3. The van der Waals surface area contributed by atoms with Gasteiger partial charge in [0.1, 0.15) is 4.75 Å². The van der Waals surface area contributed by atoms with Crippen molar-refractivity contribution in [2.24, 2.45) is 0 Å². The lowest BCUT2D eigenvalue weighted by molar-refractivity contribution is -0.134. The van der Waals surface area contributed by atoms with Crippen LogP contribution in [0.4, 0.5) is 0 Å². The van der Waals surface area contributed by atoms with Gasteiger partial charge in [0.25, 0.3) is 0 Å². The third-order valence-corrected chi connectivity index (χ3v) is 10.0. The molecule has 40 heavy (non-hydrogen) atoms.